The molecule has 3 rings (SSSR count). The molecule has 1 aliphatic rings. The molecule has 0 atom stereocenters. The van der Waals surface area contributed by atoms with Gasteiger partial charge in [0.15, 0.2) is 5.13 Å². The number of anilines is 1. The predicted octanol–water partition coefficient (Wildman–Crippen LogP) is 4.73. The Labute approximate surface area is 154 Å². The summed E-state index contributed by atoms with van der Waals surface area (Å²) >= 11 is 1.37. The van der Waals surface area contributed by atoms with Crippen molar-refractivity contribution in [2.45, 2.75) is 38.1 Å². The van der Waals surface area contributed by atoms with Crippen molar-refractivity contribution in [3.05, 3.63) is 35.2 Å². The number of nitrogens with zero attached hydrogens (tertiary/aromatic N) is 2. The van der Waals surface area contributed by atoms with Crippen LogP contribution in [0.3, 0.4) is 0 Å². The molecule has 0 aliphatic heterocycles. The molecule has 136 valence electrons. The zero-order chi connectivity index (χ0) is 17.1. The van der Waals surface area contributed by atoms with E-state index in [0.717, 1.165) is 31.7 Å². The van der Waals surface area contributed by atoms with Crippen LogP contribution in [0.1, 0.15) is 32.1 Å². The second kappa shape index (κ2) is 8.58. The van der Waals surface area contributed by atoms with Gasteiger partial charge in [-0.3, -0.25) is 4.79 Å². The van der Waals surface area contributed by atoms with E-state index < -0.39 is 17.6 Å². The lowest BCUT2D eigenvalue weighted by molar-refractivity contribution is -0.136. The van der Waals surface area contributed by atoms with Crippen LogP contribution >= 0.6 is 23.7 Å². The number of thiazole rings is 1. The zero-order valence-electron chi connectivity index (χ0n) is 13.5. The number of rotatable bonds is 6. The fraction of sp³-hybridized carbons (Fsp3) is 0.412. The van der Waals surface area contributed by atoms with E-state index in [2.05, 4.69) is 4.98 Å². The van der Waals surface area contributed by atoms with Crippen LogP contribution in [-0.2, 0) is 4.79 Å². The van der Waals surface area contributed by atoms with Crippen LogP contribution < -0.4 is 4.90 Å². The summed E-state index contributed by atoms with van der Waals surface area (Å²) in [7, 11) is 0. The van der Waals surface area contributed by atoms with Gasteiger partial charge < -0.3 is 10.0 Å². The molecule has 1 aromatic heterocycles. The second-order valence-electron chi connectivity index (χ2n) is 5.91. The number of carboxylic acids is 1. The van der Waals surface area contributed by atoms with Crippen molar-refractivity contribution in [2.75, 3.05) is 11.4 Å². The molecule has 1 heterocycles. The molecule has 1 fully saturated rings. The molecule has 0 amide bonds. The van der Waals surface area contributed by atoms with E-state index in [1.54, 1.807) is 5.38 Å². The molecule has 2 aromatic rings. The van der Waals surface area contributed by atoms with E-state index >= 15 is 0 Å². The normalized spacial score (nSPS) is 14.3. The van der Waals surface area contributed by atoms with Crippen LogP contribution in [0, 0.1) is 11.6 Å². The second-order valence-corrected chi connectivity index (χ2v) is 6.75. The van der Waals surface area contributed by atoms with Crippen molar-refractivity contribution in [1.82, 2.24) is 4.98 Å². The molecule has 1 N–H and O–H groups in total. The van der Waals surface area contributed by atoms with Crippen LogP contribution in [0.4, 0.5) is 13.9 Å². The van der Waals surface area contributed by atoms with Gasteiger partial charge in [0.2, 0.25) is 0 Å². The van der Waals surface area contributed by atoms with Crippen LogP contribution in [0.25, 0.3) is 11.3 Å². The lowest BCUT2D eigenvalue weighted by atomic mass is 10.1. The van der Waals surface area contributed by atoms with Gasteiger partial charge >= 0.3 is 5.97 Å². The Morgan fingerprint density at radius 2 is 2.04 bits per heavy atom. The van der Waals surface area contributed by atoms with Crippen molar-refractivity contribution >= 4 is 34.8 Å². The number of carbonyl (C=O) groups is 1. The van der Waals surface area contributed by atoms with E-state index in [0.29, 0.717) is 17.4 Å². The van der Waals surface area contributed by atoms with Gasteiger partial charge in [-0.05, 0) is 25.0 Å². The molecule has 0 unspecified atom stereocenters. The fourth-order valence-electron chi connectivity index (χ4n) is 3.08. The Bertz CT molecular complexity index is 735. The maximum absolute atomic E-state index is 13.9. The Morgan fingerprint density at radius 1 is 1.32 bits per heavy atom. The highest BCUT2D eigenvalue weighted by molar-refractivity contribution is 7.14. The minimum absolute atomic E-state index is 0. The summed E-state index contributed by atoms with van der Waals surface area (Å²) in [5.41, 5.74) is 0.703. The molecule has 1 aromatic carbocycles. The summed E-state index contributed by atoms with van der Waals surface area (Å²) < 4.78 is 27.0. The predicted molar refractivity (Wildman–Crippen MR) is 96.6 cm³/mol. The molecule has 0 bridgehead atoms. The van der Waals surface area contributed by atoms with Gasteiger partial charge in [0.1, 0.15) is 11.6 Å². The summed E-state index contributed by atoms with van der Waals surface area (Å²) in [4.78, 5) is 17.4. The summed E-state index contributed by atoms with van der Waals surface area (Å²) in [6.07, 6.45) is 4.31. The third-order valence-corrected chi connectivity index (χ3v) is 5.15. The molecule has 1 aliphatic carbocycles. The van der Waals surface area contributed by atoms with Crippen molar-refractivity contribution < 1.29 is 18.7 Å². The van der Waals surface area contributed by atoms with Gasteiger partial charge in [-0.15, -0.1) is 23.7 Å². The van der Waals surface area contributed by atoms with Crippen LogP contribution in [0.15, 0.2) is 23.6 Å². The molecule has 0 spiro atoms. The number of aromatic nitrogens is 1. The van der Waals surface area contributed by atoms with Crippen LogP contribution in [0.2, 0.25) is 0 Å². The average molecular weight is 389 g/mol. The van der Waals surface area contributed by atoms with Crippen molar-refractivity contribution in [3.8, 4) is 11.3 Å². The molecule has 0 saturated heterocycles. The van der Waals surface area contributed by atoms with Crippen molar-refractivity contribution in [1.29, 1.82) is 0 Å². The van der Waals surface area contributed by atoms with Crippen LogP contribution in [0.5, 0.6) is 0 Å². The standard InChI is InChI=1S/C17H18F2N2O2S.ClH/c18-11-5-6-13(14(19)9-11)15-10-24-17(20-15)21(8-7-16(22)23)12-3-1-2-4-12;/h5-6,9-10,12H,1-4,7-8H2,(H,22,23);1H. The van der Waals surface area contributed by atoms with Crippen molar-refractivity contribution in [3.63, 3.8) is 0 Å². The van der Waals surface area contributed by atoms with E-state index in [1.807, 2.05) is 4.90 Å². The maximum atomic E-state index is 13.9. The monoisotopic (exact) mass is 388 g/mol. The quantitative estimate of drug-likeness (QED) is 0.777. The molecular formula is C17H19ClF2N2O2S. The summed E-state index contributed by atoms with van der Waals surface area (Å²) in [5.74, 6) is -2.12. The number of benzene rings is 1. The number of hydrogen-bond donors (Lipinski definition) is 1. The smallest absolute Gasteiger partial charge is 0.305 e. The average Bonchev–Trinajstić information content (AvgIpc) is 3.19. The summed E-state index contributed by atoms with van der Waals surface area (Å²) in [6.45, 7) is 0.388. The fourth-order valence-corrected chi connectivity index (χ4v) is 4.01. The van der Waals surface area contributed by atoms with Gasteiger partial charge in [0.25, 0.3) is 0 Å². The van der Waals surface area contributed by atoms with Gasteiger partial charge in [-0.25, -0.2) is 13.8 Å². The molecule has 1 saturated carbocycles. The first-order chi connectivity index (χ1) is 11.5. The first-order valence-electron chi connectivity index (χ1n) is 7.94. The first-order valence-corrected chi connectivity index (χ1v) is 8.82. The minimum atomic E-state index is -0.848. The highest BCUT2D eigenvalue weighted by Crippen LogP contribution is 2.34. The highest BCUT2D eigenvalue weighted by atomic mass is 35.5. The number of halogens is 3. The molecule has 4 nitrogen and oxygen atoms in total. The minimum Gasteiger partial charge on any atom is -0.481 e. The van der Waals surface area contributed by atoms with Gasteiger partial charge in [-0.2, -0.15) is 0 Å². The lowest BCUT2D eigenvalue weighted by Crippen LogP contribution is -2.35. The van der Waals surface area contributed by atoms with E-state index in [1.165, 1.54) is 23.5 Å². The van der Waals surface area contributed by atoms with E-state index in [9.17, 15) is 13.6 Å². The van der Waals surface area contributed by atoms with Crippen molar-refractivity contribution in [2.24, 2.45) is 0 Å². The third kappa shape index (κ3) is 4.67. The third-order valence-electron chi connectivity index (χ3n) is 4.28. The number of hydrogen-bond acceptors (Lipinski definition) is 4. The largest absolute Gasteiger partial charge is 0.481 e. The Balaban J connectivity index is 0.00000225. The number of aliphatic carboxylic acids is 1. The molecule has 0 radical (unpaired) electrons. The highest BCUT2D eigenvalue weighted by Gasteiger charge is 2.25. The summed E-state index contributed by atoms with van der Waals surface area (Å²) in [6, 6.07) is 3.70. The SMILES string of the molecule is Cl.O=C(O)CCN(c1nc(-c2ccc(F)cc2F)cs1)C1CCCC1. The van der Waals surface area contributed by atoms with Gasteiger partial charge in [0, 0.05) is 29.6 Å². The Hall–Kier alpha value is -1.73. The Kier molecular flexibility index (Phi) is 6.72. The first kappa shape index (κ1) is 19.6. The van der Waals surface area contributed by atoms with Gasteiger partial charge in [0.05, 0.1) is 12.1 Å². The summed E-state index contributed by atoms with van der Waals surface area (Å²) in [5, 5.41) is 11.4. The van der Waals surface area contributed by atoms with Crippen LogP contribution in [-0.4, -0.2) is 28.6 Å². The maximum Gasteiger partial charge on any atom is 0.305 e. The molecule has 8 heteroatoms. The molecule has 25 heavy (non-hydrogen) atoms. The zero-order valence-corrected chi connectivity index (χ0v) is 15.1. The lowest BCUT2D eigenvalue weighted by Gasteiger charge is -2.28. The topological polar surface area (TPSA) is 53.4 Å². The van der Waals surface area contributed by atoms with Gasteiger partial charge in [-0.1, -0.05) is 12.8 Å². The van der Waals surface area contributed by atoms with E-state index in [4.69, 9.17) is 5.11 Å². The molecular weight excluding hydrogens is 370 g/mol. The number of carboxylic acid groups (broad SMARTS) is 1. The van der Waals surface area contributed by atoms with E-state index in [-0.39, 0.29) is 30.4 Å². The Morgan fingerprint density at radius 3 is 2.68 bits per heavy atom.